The number of hydrogen-bond donors (Lipinski definition) is 12. The summed E-state index contributed by atoms with van der Waals surface area (Å²) in [5.74, 6) is -7.21. The predicted octanol–water partition coefficient (Wildman–Crippen LogP) is -2.61. The van der Waals surface area contributed by atoms with Gasteiger partial charge in [-0.05, 0) is 62.8 Å². The van der Waals surface area contributed by atoms with Crippen LogP contribution in [0.2, 0.25) is 0 Å². The molecule has 1 fully saturated rings. The van der Waals surface area contributed by atoms with Crippen molar-refractivity contribution in [2.45, 2.75) is 135 Å². The predicted molar refractivity (Wildman–Crippen MR) is 248 cm³/mol. The van der Waals surface area contributed by atoms with Crippen LogP contribution in [0.1, 0.15) is 91.5 Å². The topological polar surface area (TPSA) is 387 Å². The Morgan fingerprint density at radius 3 is 1.70 bits per heavy atom. The number of nitrogens with zero attached hydrogens (tertiary/aromatic N) is 3. The van der Waals surface area contributed by atoms with Crippen molar-refractivity contribution >= 4 is 59.2 Å². The van der Waals surface area contributed by atoms with E-state index in [-0.39, 0.29) is 63.7 Å². The average molecular weight is 929 g/mol. The van der Waals surface area contributed by atoms with E-state index >= 15 is 0 Å². The van der Waals surface area contributed by atoms with Crippen molar-refractivity contribution in [2.75, 3.05) is 26.2 Å². The van der Waals surface area contributed by atoms with Crippen LogP contribution in [0.3, 0.4) is 0 Å². The first-order chi connectivity index (χ1) is 31.2. The Balaban J connectivity index is 2.37. The number of benzene rings is 1. The van der Waals surface area contributed by atoms with Crippen molar-refractivity contribution in [1.29, 1.82) is 0 Å². The second kappa shape index (κ2) is 28.4. The Labute approximate surface area is 386 Å². The van der Waals surface area contributed by atoms with Gasteiger partial charge < -0.3 is 70.6 Å². The highest BCUT2D eigenvalue weighted by molar-refractivity contribution is 5.97. The van der Waals surface area contributed by atoms with E-state index in [4.69, 9.17) is 28.7 Å². The van der Waals surface area contributed by atoms with Gasteiger partial charge in [0.2, 0.25) is 41.4 Å². The molecule has 0 spiro atoms. The van der Waals surface area contributed by atoms with Crippen molar-refractivity contribution in [1.82, 2.24) is 36.8 Å². The van der Waals surface area contributed by atoms with E-state index in [1.807, 2.05) is 0 Å². The van der Waals surface area contributed by atoms with Crippen LogP contribution >= 0.6 is 0 Å². The number of carbonyl (C=O) groups excluding carboxylic acids is 7. The SMILES string of the molecule is CCC(C)C(NC(=O)C(NC(=O)C(CCCN=C(N)N)NC(=O)C(C)NC(=O)C(CCCN=C(N)N)NC(=O)C(Cc1ccccc1)NC(=O)C1CCCN1C(=O)CN)C(C)CC)C(=O)O. The maximum absolute atomic E-state index is 14.1. The Morgan fingerprint density at radius 2 is 1.18 bits per heavy atom. The van der Waals surface area contributed by atoms with Crippen LogP contribution in [0, 0.1) is 11.8 Å². The summed E-state index contributed by atoms with van der Waals surface area (Å²) in [4.78, 5) is 117. The van der Waals surface area contributed by atoms with Crippen LogP contribution in [-0.4, -0.2) is 138 Å². The molecule has 0 aromatic heterocycles. The number of aliphatic imine (C=N–C) groups is 2. The molecular formula is C43H72N14O9. The number of carbonyl (C=O) groups is 8. The average Bonchev–Trinajstić information content (AvgIpc) is 3.78. The van der Waals surface area contributed by atoms with E-state index < -0.39 is 101 Å². The van der Waals surface area contributed by atoms with Crippen molar-refractivity contribution in [3.63, 3.8) is 0 Å². The quantitative estimate of drug-likeness (QED) is 0.0233. The van der Waals surface area contributed by atoms with Gasteiger partial charge in [0, 0.05) is 26.1 Å². The summed E-state index contributed by atoms with van der Waals surface area (Å²) in [5.41, 5.74) is 28.2. The second-order valence-electron chi connectivity index (χ2n) is 16.5. The lowest BCUT2D eigenvalue weighted by Crippen LogP contribution is -2.60. The number of hydrogen-bond acceptors (Lipinski definition) is 11. The number of amides is 7. The van der Waals surface area contributed by atoms with Crippen molar-refractivity contribution in [2.24, 2.45) is 50.5 Å². The molecule has 66 heavy (non-hydrogen) atoms. The van der Waals surface area contributed by atoms with Crippen molar-refractivity contribution in [3.8, 4) is 0 Å². The highest BCUT2D eigenvalue weighted by Crippen LogP contribution is 2.18. The highest BCUT2D eigenvalue weighted by Gasteiger charge is 2.37. The van der Waals surface area contributed by atoms with Gasteiger partial charge in [0.15, 0.2) is 11.9 Å². The molecule has 1 aliphatic heterocycles. The van der Waals surface area contributed by atoms with Gasteiger partial charge in [-0.3, -0.25) is 43.5 Å². The molecule has 9 atom stereocenters. The molecule has 0 saturated carbocycles. The van der Waals surface area contributed by atoms with Gasteiger partial charge >= 0.3 is 5.97 Å². The molecule has 1 aromatic carbocycles. The Morgan fingerprint density at radius 1 is 0.682 bits per heavy atom. The lowest BCUT2D eigenvalue weighted by Gasteiger charge is -2.29. The van der Waals surface area contributed by atoms with Gasteiger partial charge in [-0.15, -0.1) is 0 Å². The lowest BCUT2D eigenvalue weighted by molar-refractivity contribution is -0.144. The molecule has 1 aromatic rings. The summed E-state index contributed by atoms with van der Waals surface area (Å²) in [6.45, 7) is 8.58. The normalized spacial score (nSPS) is 16.9. The molecule has 0 radical (unpaired) electrons. The van der Waals surface area contributed by atoms with Gasteiger partial charge in [0.1, 0.15) is 42.3 Å². The van der Waals surface area contributed by atoms with Crippen molar-refractivity contribution < 1.29 is 43.5 Å². The summed E-state index contributed by atoms with van der Waals surface area (Å²) in [7, 11) is 0. The molecular weight excluding hydrogens is 857 g/mol. The van der Waals surface area contributed by atoms with E-state index in [9.17, 15) is 43.5 Å². The maximum atomic E-state index is 14.1. The van der Waals surface area contributed by atoms with Crippen LogP contribution in [-0.2, 0) is 44.8 Å². The van der Waals surface area contributed by atoms with Gasteiger partial charge in [-0.1, -0.05) is 70.9 Å². The molecule has 0 aliphatic carbocycles. The Bertz CT molecular complexity index is 1860. The van der Waals surface area contributed by atoms with Gasteiger partial charge in [0.05, 0.1) is 6.54 Å². The minimum atomic E-state index is -1.30. The van der Waals surface area contributed by atoms with E-state index in [1.54, 1.807) is 58.0 Å². The van der Waals surface area contributed by atoms with Crippen LogP contribution in [0.15, 0.2) is 40.3 Å². The van der Waals surface area contributed by atoms with E-state index in [0.29, 0.717) is 37.8 Å². The number of guanidine groups is 2. The highest BCUT2D eigenvalue weighted by atomic mass is 16.4. The zero-order valence-corrected chi connectivity index (χ0v) is 38.7. The van der Waals surface area contributed by atoms with Gasteiger partial charge in [-0.25, -0.2) is 4.79 Å². The van der Waals surface area contributed by atoms with Gasteiger partial charge in [-0.2, -0.15) is 0 Å². The molecule has 368 valence electrons. The number of nitrogens with one attached hydrogen (secondary N) is 6. The van der Waals surface area contributed by atoms with E-state index in [2.05, 4.69) is 41.9 Å². The third kappa shape index (κ3) is 18.5. The van der Waals surface area contributed by atoms with Crippen LogP contribution in [0.5, 0.6) is 0 Å². The number of carboxylic acid groups (broad SMARTS) is 1. The molecule has 1 saturated heterocycles. The first kappa shape index (κ1) is 55.6. The van der Waals surface area contributed by atoms with Crippen LogP contribution in [0.4, 0.5) is 0 Å². The fourth-order valence-electron chi connectivity index (χ4n) is 7.16. The lowest BCUT2D eigenvalue weighted by atomic mass is 9.95. The molecule has 1 heterocycles. The molecule has 9 unspecified atom stereocenters. The van der Waals surface area contributed by atoms with Crippen LogP contribution in [0.25, 0.3) is 0 Å². The van der Waals surface area contributed by atoms with E-state index in [0.717, 1.165) is 0 Å². The smallest absolute Gasteiger partial charge is 0.326 e. The summed E-state index contributed by atoms with van der Waals surface area (Å²) in [6, 6.07) is 0.568. The monoisotopic (exact) mass is 929 g/mol. The molecule has 2 rings (SSSR count). The minimum absolute atomic E-state index is 0.00845. The summed E-state index contributed by atoms with van der Waals surface area (Å²) in [6.07, 6.45) is 2.26. The number of likely N-dealkylation sites (tertiary alicyclic amines) is 1. The molecule has 7 amide bonds. The Kier molecular flexibility index (Phi) is 23.9. The standard InChI is InChI=1S/C43H72N14O9/c1-6-24(3)33(40(64)56-34(41(65)66)25(4)7-2)55-37(61)29(17-12-20-50-43(47)48)52-35(59)26(5)51-36(60)28(16-11-19-49-42(45)46)53-38(62)30(22-27-14-9-8-10-15-27)54-39(63)31-18-13-21-57(31)32(58)23-44/h8-10,14-15,24-26,28-31,33-34H,6-7,11-13,16-23,44H2,1-5H3,(H,51,60)(H,52,59)(H,53,62)(H,54,63)(H,55,61)(H,56,64)(H,65,66)(H4,45,46,49)(H4,47,48,50). The van der Waals surface area contributed by atoms with Gasteiger partial charge in [0.25, 0.3) is 0 Å². The largest absolute Gasteiger partial charge is 0.480 e. The molecule has 23 heteroatoms. The third-order valence-corrected chi connectivity index (χ3v) is 11.4. The number of nitrogens with two attached hydrogens (primary N) is 5. The zero-order chi connectivity index (χ0) is 49.5. The Hall–Kier alpha value is -6.52. The molecule has 1 aliphatic rings. The van der Waals surface area contributed by atoms with Crippen molar-refractivity contribution in [3.05, 3.63) is 35.9 Å². The summed E-state index contributed by atoms with van der Waals surface area (Å²) >= 11 is 0. The number of aliphatic carboxylic acids is 1. The third-order valence-electron chi connectivity index (χ3n) is 11.4. The summed E-state index contributed by atoms with van der Waals surface area (Å²) < 4.78 is 0. The van der Waals surface area contributed by atoms with Crippen LogP contribution < -0.4 is 60.6 Å². The fraction of sp³-hybridized carbons (Fsp3) is 0.628. The minimum Gasteiger partial charge on any atom is -0.480 e. The second-order valence-corrected chi connectivity index (χ2v) is 16.5. The molecule has 23 nitrogen and oxygen atoms in total. The molecule has 0 bridgehead atoms. The number of carboxylic acids is 1. The fourth-order valence-corrected chi connectivity index (χ4v) is 7.16. The maximum Gasteiger partial charge on any atom is 0.326 e. The zero-order valence-electron chi connectivity index (χ0n) is 38.7. The number of rotatable bonds is 28. The first-order valence-corrected chi connectivity index (χ1v) is 22.4. The molecule has 17 N–H and O–H groups in total. The van der Waals surface area contributed by atoms with E-state index in [1.165, 1.54) is 11.8 Å². The summed E-state index contributed by atoms with van der Waals surface area (Å²) in [5, 5.41) is 25.7. The first-order valence-electron chi connectivity index (χ1n) is 22.4.